The number of sulfone groups is 1. The lowest BCUT2D eigenvalue weighted by molar-refractivity contribution is 0.585. The largest absolute Gasteiger partial charge is 0.271 e. The number of aromatic nitrogens is 5. The predicted octanol–water partition coefficient (Wildman–Crippen LogP) is 5.39. The third-order valence-electron chi connectivity index (χ3n) is 6.46. The standard InChI is InChI=1S/C27H29F2N5O2S/c1-5-17(2)20-14-25(26-21(28)8-6-9-22(26)29)32-33-27(20)18(3)23-10-7-11-24(31-23)19-15-30-34(16-19)12-13-37(4,35)36/h6-11,14-18H,5,12-13H2,1-4H3/t17-,18?/m0/s1. The van der Waals surface area contributed by atoms with Gasteiger partial charge in [-0.2, -0.15) is 15.3 Å². The minimum Gasteiger partial charge on any atom is -0.271 e. The Kier molecular flexibility index (Phi) is 7.77. The van der Waals surface area contributed by atoms with E-state index in [0.717, 1.165) is 23.2 Å². The molecule has 1 aromatic carbocycles. The van der Waals surface area contributed by atoms with E-state index in [2.05, 4.69) is 15.3 Å². The number of rotatable bonds is 9. The minimum atomic E-state index is -3.10. The van der Waals surface area contributed by atoms with Crippen molar-refractivity contribution >= 4 is 9.84 Å². The van der Waals surface area contributed by atoms with E-state index in [4.69, 9.17) is 4.98 Å². The van der Waals surface area contributed by atoms with Crippen LogP contribution in [0.1, 0.15) is 56.0 Å². The molecule has 2 atom stereocenters. The fourth-order valence-electron chi connectivity index (χ4n) is 4.10. The smallest absolute Gasteiger partial charge is 0.149 e. The normalized spacial score (nSPS) is 13.5. The maximum Gasteiger partial charge on any atom is 0.149 e. The zero-order chi connectivity index (χ0) is 26.7. The van der Waals surface area contributed by atoms with Gasteiger partial charge >= 0.3 is 0 Å². The maximum atomic E-state index is 14.4. The molecule has 0 spiro atoms. The average Bonchev–Trinajstić information content (AvgIpc) is 3.35. The monoisotopic (exact) mass is 525 g/mol. The van der Waals surface area contributed by atoms with Crippen molar-refractivity contribution in [3.05, 3.63) is 83.4 Å². The van der Waals surface area contributed by atoms with E-state index in [-0.39, 0.29) is 35.4 Å². The molecule has 7 nitrogen and oxygen atoms in total. The predicted molar refractivity (Wildman–Crippen MR) is 139 cm³/mol. The van der Waals surface area contributed by atoms with Gasteiger partial charge in [0.15, 0.2) is 0 Å². The number of nitrogens with zero attached hydrogens (tertiary/aromatic N) is 5. The van der Waals surface area contributed by atoms with Gasteiger partial charge in [-0.05, 0) is 48.2 Å². The van der Waals surface area contributed by atoms with Gasteiger partial charge in [0, 0.05) is 29.6 Å². The van der Waals surface area contributed by atoms with Gasteiger partial charge in [0.1, 0.15) is 21.5 Å². The number of aryl methyl sites for hydroxylation is 1. The van der Waals surface area contributed by atoms with E-state index >= 15 is 0 Å². The Labute approximate surface area is 215 Å². The van der Waals surface area contributed by atoms with Gasteiger partial charge in [-0.15, -0.1) is 0 Å². The third-order valence-corrected chi connectivity index (χ3v) is 7.38. The zero-order valence-electron chi connectivity index (χ0n) is 21.2. The lowest BCUT2D eigenvalue weighted by Gasteiger charge is -2.19. The molecule has 1 unspecified atom stereocenters. The molecule has 0 fully saturated rings. The zero-order valence-corrected chi connectivity index (χ0v) is 22.0. The highest BCUT2D eigenvalue weighted by molar-refractivity contribution is 7.90. The highest BCUT2D eigenvalue weighted by atomic mass is 32.2. The second-order valence-electron chi connectivity index (χ2n) is 9.27. The lowest BCUT2D eigenvalue weighted by atomic mass is 9.89. The van der Waals surface area contributed by atoms with E-state index in [1.54, 1.807) is 23.1 Å². The Morgan fingerprint density at radius 1 is 1.00 bits per heavy atom. The Morgan fingerprint density at radius 2 is 1.70 bits per heavy atom. The fraction of sp³-hybridized carbons (Fsp3) is 0.333. The van der Waals surface area contributed by atoms with Crippen LogP contribution in [0.4, 0.5) is 8.78 Å². The van der Waals surface area contributed by atoms with Gasteiger partial charge < -0.3 is 0 Å². The lowest BCUT2D eigenvalue weighted by Crippen LogP contribution is -2.11. The van der Waals surface area contributed by atoms with Crippen LogP contribution in [0, 0.1) is 11.6 Å². The SMILES string of the molecule is CC[C@H](C)c1cc(-c2c(F)cccc2F)nnc1C(C)c1cccc(-c2cnn(CCS(C)(=O)=O)c2)n1. The van der Waals surface area contributed by atoms with Crippen LogP contribution in [0.25, 0.3) is 22.5 Å². The van der Waals surface area contributed by atoms with Crippen molar-refractivity contribution in [3.63, 3.8) is 0 Å². The maximum absolute atomic E-state index is 14.4. The summed E-state index contributed by atoms with van der Waals surface area (Å²) < 4.78 is 53.4. The quantitative estimate of drug-likeness (QED) is 0.291. The van der Waals surface area contributed by atoms with Crippen LogP contribution >= 0.6 is 0 Å². The molecule has 194 valence electrons. The molecule has 0 aliphatic carbocycles. The first-order chi connectivity index (χ1) is 17.6. The van der Waals surface area contributed by atoms with E-state index < -0.39 is 21.5 Å². The molecule has 0 bridgehead atoms. The molecule has 0 N–H and O–H groups in total. The molecule has 3 heterocycles. The van der Waals surface area contributed by atoms with Crippen LogP contribution in [-0.4, -0.2) is 45.4 Å². The van der Waals surface area contributed by atoms with Gasteiger partial charge in [-0.1, -0.05) is 32.9 Å². The highest BCUT2D eigenvalue weighted by Crippen LogP contribution is 2.34. The first kappa shape index (κ1) is 26.5. The summed E-state index contributed by atoms with van der Waals surface area (Å²) in [7, 11) is -3.10. The van der Waals surface area contributed by atoms with Crippen molar-refractivity contribution in [2.45, 2.75) is 45.6 Å². The molecule has 10 heteroatoms. The summed E-state index contributed by atoms with van der Waals surface area (Å²) in [6, 6.07) is 11.1. The van der Waals surface area contributed by atoms with E-state index in [9.17, 15) is 17.2 Å². The van der Waals surface area contributed by atoms with Crippen molar-refractivity contribution in [2.75, 3.05) is 12.0 Å². The van der Waals surface area contributed by atoms with Gasteiger partial charge in [0.25, 0.3) is 0 Å². The number of halogens is 2. The molecule has 0 saturated carbocycles. The molecule has 37 heavy (non-hydrogen) atoms. The number of benzene rings is 1. The first-order valence-corrected chi connectivity index (χ1v) is 14.1. The van der Waals surface area contributed by atoms with Crippen LogP contribution in [0.2, 0.25) is 0 Å². The third kappa shape index (κ3) is 6.07. The van der Waals surface area contributed by atoms with Gasteiger partial charge in [0.2, 0.25) is 0 Å². The van der Waals surface area contributed by atoms with Gasteiger partial charge in [-0.25, -0.2) is 17.2 Å². The van der Waals surface area contributed by atoms with Crippen LogP contribution in [0.15, 0.2) is 54.9 Å². The molecule has 4 aromatic rings. The molecular formula is C27H29F2N5O2S. The molecule has 3 aromatic heterocycles. The summed E-state index contributed by atoms with van der Waals surface area (Å²) in [5.41, 5.74) is 3.74. The fourth-order valence-corrected chi connectivity index (χ4v) is 4.62. The van der Waals surface area contributed by atoms with Crippen LogP contribution in [-0.2, 0) is 16.4 Å². The van der Waals surface area contributed by atoms with Crippen LogP contribution in [0.3, 0.4) is 0 Å². The number of hydrogen-bond donors (Lipinski definition) is 0. The molecular weight excluding hydrogens is 496 g/mol. The Balaban J connectivity index is 1.68. The number of pyridine rings is 1. The summed E-state index contributed by atoms with van der Waals surface area (Å²) >= 11 is 0. The van der Waals surface area contributed by atoms with Crippen molar-refractivity contribution in [2.24, 2.45) is 0 Å². The summed E-state index contributed by atoms with van der Waals surface area (Å²) in [4.78, 5) is 4.82. The van der Waals surface area contributed by atoms with Crippen molar-refractivity contribution < 1.29 is 17.2 Å². The first-order valence-electron chi connectivity index (χ1n) is 12.1. The summed E-state index contributed by atoms with van der Waals surface area (Å²) in [6.07, 6.45) is 5.43. The minimum absolute atomic E-state index is 0.00244. The van der Waals surface area contributed by atoms with Crippen LogP contribution in [0.5, 0.6) is 0 Å². The second kappa shape index (κ2) is 10.8. The summed E-state index contributed by atoms with van der Waals surface area (Å²) in [6.45, 7) is 6.32. The molecule has 0 radical (unpaired) electrons. The molecule has 0 aliphatic heterocycles. The van der Waals surface area contributed by atoms with E-state index in [1.165, 1.54) is 24.5 Å². The summed E-state index contributed by atoms with van der Waals surface area (Å²) in [5.74, 6) is -1.52. The highest BCUT2D eigenvalue weighted by Gasteiger charge is 2.23. The molecule has 0 saturated heterocycles. The van der Waals surface area contributed by atoms with Gasteiger partial charge in [0.05, 0.1) is 41.1 Å². The van der Waals surface area contributed by atoms with Crippen molar-refractivity contribution in [1.82, 2.24) is 25.0 Å². The van der Waals surface area contributed by atoms with E-state index in [1.807, 2.05) is 39.0 Å². The van der Waals surface area contributed by atoms with E-state index in [0.29, 0.717) is 11.4 Å². The Morgan fingerprint density at radius 3 is 2.38 bits per heavy atom. The van der Waals surface area contributed by atoms with Crippen molar-refractivity contribution in [1.29, 1.82) is 0 Å². The summed E-state index contributed by atoms with van der Waals surface area (Å²) in [5, 5.41) is 12.9. The molecule has 0 amide bonds. The van der Waals surface area contributed by atoms with Gasteiger partial charge in [-0.3, -0.25) is 9.67 Å². The molecule has 0 aliphatic rings. The second-order valence-corrected chi connectivity index (χ2v) is 11.5. The number of hydrogen-bond acceptors (Lipinski definition) is 6. The average molecular weight is 526 g/mol. The topological polar surface area (TPSA) is 90.6 Å². The van der Waals surface area contributed by atoms with Crippen molar-refractivity contribution in [3.8, 4) is 22.5 Å². The Bertz CT molecular complexity index is 1500. The van der Waals surface area contributed by atoms with Crippen LogP contribution < -0.4 is 0 Å². The molecule has 4 rings (SSSR count). The Hall–Kier alpha value is -3.53.